The Kier molecular flexibility index (Phi) is 2.61. The van der Waals surface area contributed by atoms with E-state index in [0.29, 0.717) is 13.0 Å². The van der Waals surface area contributed by atoms with Gasteiger partial charge in [0.1, 0.15) is 0 Å². The van der Waals surface area contributed by atoms with Crippen molar-refractivity contribution in [2.45, 2.75) is 18.9 Å². The zero-order valence-corrected chi connectivity index (χ0v) is 5.55. The third-order valence-electron chi connectivity index (χ3n) is 1.23. The first-order chi connectivity index (χ1) is 4.00. The molecule has 0 aromatic carbocycles. The second-order valence-corrected chi connectivity index (χ2v) is 2.32. The molecule has 1 amide bonds. The van der Waals surface area contributed by atoms with E-state index >= 15 is 0 Å². The Morgan fingerprint density at radius 2 is 2.11 bits per heavy atom. The highest BCUT2D eigenvalue weighted by Gasteiger charge is 2.23. The summed E-state index contributed by atoms with van der Waals surface area (Å²) < 4.78 is 0. The quantitative estimate of drug-likeness (QED) is 0.436. The molecule has 0 aliphatic carbocycles. The normalized spacial score (nSPS) is 16.8. The second kappa shape index (κ2) is 2.80. The topological polar surface area (TPSA) is 95.1 Å². The minimum atomic E-state index is -0.936. The largest absolute Gasteiger partial charge is 0.368 e. The highest BCUT2D eigenvalue weighted by atomic mass is 16.1. The standard InChI is InChI=1S/C5H13N3O/c1-5(8,2-3-6)4(7)9/h2-3,6,8H2,1H3,(H2,7,9). The molecule has 1 unspecified atom stereocenters. The van der Waals surface area contributed by atoms with E-state index in [0.717, 1.165) is 0 Å². The van der Waals surface area contributed by atoms with E-state index in [1.807, 2.05) is 0 Å². The van der Waals surface area contributed by atoms with Crippen molar-refractivity contribution >= 4 is 5.91 Å². The van der Waals surface area contributed by atoms with Crippen LogP contribution in [0.2, 0.25) is 0 Å². The molecule has 54 valence electrons. The van der Waals surface area contributed by atoms with Gasteiger partial charge in [-0.25, -0.2) is 0 Å². The van der Waals surface area contributed by atoms with Crippen molar-refractivity contribution in [2.24, 2.45) is 17.2 Å². The van der Waals surface area contributed by atoms with Crippen LogP contribution in [0.1, 0.15) is 13.3 Å². The van der Waals surface area contributed by atoms with Crippen LogP contribution in [0.3, 0.4) is 0 Å². The van der Waals surface area contributed by atoms with Gasteiger partial charge in [0.25, 0.3) is 0 Å². The summed E-state index contributed by atoms with van der Waals surface area (Å²) in [5.41, 5.74) is 14.6. The first-order valence-electron chi connectivity index (χ1n) is 2.79. The summed E-state index contributed by atoms with van der Waals surface area (Å²) in [4.78, 5) is 10.5. The van der Waals surface area contributed by atoms with E-state index in [-0.39, 0.29) is 0 Å². The Bertz CT molecular complexity index is 111. The summed E-state index contributed by atoms with van der Waals surface area (Å²) in [7, 11) is 0. The van der Waals surface area contributed by atoms with Gasteiger partial charge in [0.2, 0.25) is 5.91 Å². The molecular weight excluding hydrogens is 118 g/mol. The van der Waals surface area contributed by atoms with Crippen molar-refractivity contribution in [3.8, 4) is 0 Å². The fourth-order valence-electron chi connectivity index (χ4n) is 0.423. The molecule has 0 rings (SSSR count). The van der Waals surface area contributed by atoms with Crippen molar-refractivity contribution in [3.63, 3.8) is 0 Å². The lowest BCUT2D eigenvalue weighted by Gasteiger charge is -2.18. The molecule has 0 radical (unpaired) electrons. The monoisotopic (exact) mass is 131 g/mol. The SMILES string of the molecule is CC(N)(CCN)C(N)=O. The van der Waals surface area contributed by atoms with Crippen LogP contribution >= 0.6 is 0 Å². The minimum absolute atomic E-state index is 0.385. The fourth-order valence-corrected chi connectivity index (χ4v) is 0.423. The Morgan fingerprint density at radius 1 is 1.67 bits per heavy atom. The van der Waals surface area contributed by atoms with Gasteiger partial charge in [-0.15, -0.1) is 0 Å². The lowest BCUT2D eigenvalue weighted by Crippen LogP contribution is -2.50. The molecule has 9 heavy (non-hydrogen) atoms. The third kappa shape index (κ3) is 2.43. The highest BCUT2D eigenvalue weighted by molar-refractivity contribution is 5.83. The van der Waals surface area contributed by atoms with E-state index in [1.54, 1.807) is 6.92 Å². The average molecular weight is 131 g/mol. The van der Waals surface area contributed by atoms with Gasteiger partial charge in [-0.1, -0.05) is 0 Å². The van der Waals surface area contributed by atoms with Gasteiger partial charge in [0, 0.05) is 0 Å². The third-order valence-corrected chi connectivity index (χ3v) is 1.23. The molecule has 4 nitrogen and oxygen atoms in total. The van der Waals surface area contributed by atoms with Crippen LogP contribution in [0, 0.1) is 0 Å². The molecule has 0 saturated carbocycles. The van der Waals surface area contributed by atoms with E-state index in [1.165, 1.54) is 0 Å². The molecule has 0 aromatic heterocycles. The van der Waals surface area contributed by atoms with E-state index < -0.39 is 11.4 Å². The first kappa shape index (κ1) is 8.39. The summed E-state index contributed by atoms with van der Waals surface area (Å²) >= 11 is 0. The smallest absolute Gasteiger partial charge is 0.237 e. The minimum Gasteiger partial charge on any atom is -0.368 e. The molecule has 1 atom stereocenters. The van der Waals surface area contributed by atoms with E-state index in [4.69, 9.17) is 17.2 Å². The Balaban J connectivity index is 3.85. The molecule has 4 heteroatoms. The molecule has 0 aliphatic rings. The van der Waals surface area contributed by atoms with Gasteiger partial charge in [0.05, 0.1) is 5.54 Å². The molecule has 0 spiro atoms. The molecule has 0 bridgehead atoms. The van der Waals surface area contributed by atoms with Crippen molar-refractivity contribution in [1.29, 1.82) is 0 Å². The van der Waals surface area contributed by atoms with Crippen LogP contribution in [-0.4, -0.2) is 18.0 Å². The fraction of sp³-hybridized carbons (Fsp3) is 0.800. The Hall–Kier alpha value is -0.610. The maximum absolute atomic E-state index is 10.5. The number of hydrogen-bond acceptors (Lipinski definition) is 3. The van der Waals surface area contributed by atoms with Gasteiger partial charge >= 0.3 is 0 Å². The summed E-state index contributed by atoms with van der Waals surface area (Å²) in [6.07, 6.45) is 0.433. The molecule has 0 aliphatic heterocycles. The van der Waals surface area contributed by atoms with Crippen LogP contribution in [0.5, 0.6) is 0 Å². The number of rotatable bonds is 3. The van der Waals surface area contributed by atoms with Crippen LogP contribution in [0.25, 0.3) is 0 Å². The van der Waals surface area contributed by atoms with Crippen LogP contribution < -0.4 is 17.2 Å². The molecule has 6 N–H and O–H groups in total. The zero-order valence-electron chi connectivity index (χ0n) is 5.55. The zero-order chi connectivity index (χ0) is 7.49. The maximum Gasteiger partial charge on any atom is 0.237 e. The number of nitrogens with two attached hydrogens (primary N) is 3. The van der Waals surface area contributed by atoms with Crippen molar-refractivity contribution in [3.05, 3.63) is 0 Å². The van der Waals surface area contributed by atoms with Gasteiger partial charge in [-0.3, -0.25) is 4.79 Å². The Morgan fingerprint density at radius 3 is 2.22 bits per heavy atom. The van der Waals surface area contributed by atoms with Gasteiger partial charge in [-0.05, 0) is 19.9 Å². The second-order valence-electron chi connectivity index (χ2n) is 2.32. The summed E-state index contributed by atoms with van der Waals surface area (Å²) in [6.45, 7) is 1.96. The number of carbonyl (C=O) groups excluding carboxylic acids is 1. The van der Waals surface area contributed by atoms with Gasteiger partial charge in [-0.2, -0.15) is 0 Å². The lowest BCUT2D eigenvalue weighted by atomic mass is 9.99. The predicted octanol–water partition coefficient (Wildman–Crippen LogP) is -1.46. The van der Waals surface area contributed by atoms with Gasteiger partial charge < -0.3 is 17.2 Å². The summed E-state index contributed by atoms with van der Waals surface area (Å²) in [5.74, 6) is -0.507. The summed E-state index contributed by atoms with van der Waals surface area (Å²) in [6, 6.07) is 0. The first-order valence-corrected chi connectivity index (χ1v) is 2.79. The molecular formula is C5H13N3O. The Labute approximate surface area is 54.4 Å². The van der Waals surface area contributed by atoms with E-state index in [9.17, 15) is 4.79 Å². The molecule has 0 saturated heterocycles. The van der Waals surface area contributed by atoms with E-state index in [2.05, 4.69) is 0 Å². The lowest BCUT2D eigenvalue weighted by molar-refractivity contribution is -0.122. The number of hydrogen-bond donors (Lipinski definition) is 3. The maximum atomic E-state index is 10.5. The number of amides is 1. The number of carbonyl (C=O) groups is 1. The van der Waals surface area contributed by atoms with Crippen molar-refractivity contribution < 1.29 is 4.79 Å². The van der Waals surface area contributed by atoms with Gasteiger partial charge in [0.15, 0.2) is 0 Å². The highest BCUT2D eigenvalue weighted by Crippen LogP contribution is 2.01. The van der Waals surface area contributed by atoms with Crippen LogP contribution in [-0.2, 0) is 4.79 Å². The van der Waals surface area contributed by atoms with Crippen molar-refractivity contribution in [2.75, 3.05) is 6.54 Å². The van der Waals surface area contributed by atoms with Crippen LogP contribution in [0.15, 0.2) is 0 Å². The van der Waals surface area contributed by atoms with Crippen LogP contribution in [0.4, 0.5) is 0 Å². The molecule has 0 heterocycles. The molecule has 0 fully saturated rings. The van der Waals surface area contributed by atoms with Crippen molar-refractivity contribution in [1.82, 2.24) is 0 Å². The number of primary amides is 1. The summed E-state index contributed by atoms with van der Waals surface area (Å²) in [5, 5.41) is 0. The predicted molar refractivity (Wildman–Crippen MR) is 35.5 cm³/mol. The molecule has 0 aromatic rings. The average Bonchev–Trinajstić information content (AvgIpc) is 1.65.